The lowest BCUT2D eigenvalue weighted by molar-refractivity contribution is -0.131. The van der Waals surface area contributed by atoms with Crippen LogP contribution in [0.15, 0.2) is 107 Å². The van der Waals surface area contributed by atoms with E-state index in [9.17, 15) is 86.2 Å². The van der Waals surface area contributed by atoms with Gasteiger partial charge in [0.1, 0.15) is 62.6 Å². The van der Waals surface area contributed by atoms with Gasteiger partial charge in [-0.15, -0.1) is 0 Å². The van der Waals surface area contributed by atoms with Crippen molar-refractivity contribution in [1.82, 2.24) is 58.3 Å². The fourth-order valence-electron chi connectivity index (χ4n) is 18.7. The van der Waals surface area contributed by atoms with Crippen molar-refractivity contribution in [1.29, 1.82) is 15.8 Å². The van der Waals surface area contributed by atoms with Gasteiger partial charge in [0, 0.05) is 110 Å². The Kier molecular flexibility index (Phi) is 31.0. The molecular formula is C99H87Cl9F6N18O9. The Hall–Kier alpha value is -12.7. The van der Waals surface area contributed by atoms with Gasteiger partial charge in [0.2, 0.25) is 29.4 Å². The van der Waals surface area contributed by atoms with Crippen LogP contribution in [0.25, 0.3) is 83.9 Å². The van der Waals surface area contributed by atoms with E-state index >= 15 is 0 Å². The number of pyridine rings is 9. The second kappa shape index (κ2) is 41.5. The molecule has 3 aliphatic heterocycles. The normalized spacial score (nSPS) is 16.6. The molecule has 9 aromatic heterocycles. The van der Waals surface area contributed by atoms with Gasteiger partial charge in [-0.1, -0.05) is 166 Å². The first-order chi connectivity index (χ1) is 66.5. The number of hydrogen-bond donors (Lipinski definition) is 3. The van der Waals surface area contributed by atoms with Crippen LogP contribution in [-0.4, -0.2) is 167 Å². The van der Waals surface area contributed by atoms with E-state index in [-0.39, 0.29) is 210 Å². The predicted molar refractivity (Wildman–Crippen MR) is 537 cm³/mol. The first-order valence-corrected chi connectivity index (χ1v) is 47.1. The molecule has 0 saturated carbocycles. The monoisotopic (exact) mass is 2100 g/mol. The van der Waals surface area contributed by atoms with Crippen LogP contribution in [0.4, 0.5) is 43.4 Å². The van der Waals surface area contributed by atoms with Crippen molar-refractivity contribution >= 4 is 172 Å². The Morgan fingerprint density at radius 1 is 0.383 bits per heavy atom. The number of benzene rings is 3. The average Bonchev–Trinajstić information content (AvgIpc) is 0.725. The molecule has 141 heavy (non-hydrogen) atoms. The first-order valence-electron chi connectivity index (χ1n) is 43.7. The summed E-state index contributed by atoms with van der Waals surface area (Å²) in [5, 5.41) is 59.6. The van der Waals surface area contributed by atoms with E-state index in [1.54, 1.807) is 72.3 Å². The van der Waals surface area contributed by atoms with Gasteiger partial charge in [0.25, 0.3) is 16.7 Å². The molecule has 0 spiro atoms. The fourth-order valence-corrected chi connectivity index (χ4v) is 20.8. The highest BCUT2D eigenvalue weighted by atomic mass is 35.5. The van der Waals surface area contributed by atoms with Crippen LogP contribution in [0.2, 0.25) is 45.2 Å². The molecule has 27 nitrogen and oxygen atoms in total. The van der Waals surface area contributed by atoms with Crippen LogP contribution in [-0.2, 0) is 14.4 Å². The molecule has 0 aliphatic carbocycles. The van der Waals surface area contributed by atoms with Crippen molar-refractivity contribution in [2.75, 3.05) is 54.0 Å². The lowest BCUT2D eigenvalue weighted by atomic mass is 10.0. The predicted octanol–water partition coefficient (Wildman–Crippen LogP) is 21.9. The molecule has 3 fully saturated rings. The van der Waals surface area contributed by atoms with Crippen molar-refractivity contribution in [2.45, 2.75) is 158 Å². The summed E-state index contributed by atoms with van der Waals surface area (Å²) in [7, 11) is 0. The molecule has 42 heteroatoms. The smallest absolute Gasteiger partial charge is 0.276 e. The third-order valence-electron chi connectivity index (χ3n) is 24.8. The Bertz CT molecular complexity index is 6870. The molecule has 0 radical (unpaired) electrons. The SMILES string of the molecule is C=CC(=O)N1[C@H](C)CN(c2c(C#N)c(=O)n(-c3c(C)ccnc3C(C)C)c3nc(-c4c(O)c(Cl)c(F)c(F)c4Cl)c(Cl)cc23)C[C@@H]1C.C=CC(=O)N1[C@H](C)CN(c2c(C#N)c(=O)n(-c3c(C)ccnc3C(C)C)c3nc(-c4c(O)c(F)c(F)c(Cl)c4Cl)c(Cl)cc23)C[C@@H]1C.C=CC(=O)N1[C@H](C)CN(c2c(C#N)c(=O)n(-c3c(C)ccnc3C(C)C)c3nc(-c4c(O)c(F)c(F)c(Cl)c4Cl)c(Cl)cc23)C[C@@H]1C. The first kappa shape index (κ1) is 106. The number of aromatic nitrogens is 9. The molecule has 3 saturated heterocycles. The zero-order chi connectivity index (χ0) is 104. The molecule has 6 atom stereocenters. The van der Waals surface area contributed by atoms with Crippen molar-refractivity contribution < 1.29 is 56.0 Å². The van der Waals surface area contributed by atoms with Crippen LogP contribution in [0.3, 0.4) is 0 Å². The Labute approximate surface area is 849 Å². The summed E-state index contributed by atoms with van der Waals surface area (Å²) in [6.07, 6.45) is 8.51. The molecule has 15 rings (SSSR count). The zero-order valence-corrected chi connectivity index (χ0v) is 84.8. The highest BCUT2D eigenvalue weighted by molar-refractivity contribution is 6.46. The molecule has 3 N–H and O–H groups in total. The number of piperazine rings is 3. The second-order valence-corrected chi connectivity index (χ2v) is 38.6. The van der Waals surface area contributed by atoms with Gasteiger partial charge < -0.3 is 44.7 Å². The summed E-state index contributed by atoms with van der Waals surface area (Å²) < 4.78 is 91.3. The molecule has 12 aromatic rings. The summed E-state index contributed by atoms with van der Waals surface area (Å²) in [5.41, 5.74) is 0.0440. The van der Waals surface area contributed by atoms with Crippen LogP contribution in [0, 0.1) is 89.7 Å². The summed E-state index contributed by atoms with van der Waals surface area (Å²) in [6, 6.07) is 13.6. The van der Waals surface area contributed by atoms with Gasteiger partial charge in [-0.25, -0.2) is 32.5 Å². The maximum atomic E-state index is 14.8. The van der Waals surface area contributed by atoms with Gasteiger partial charge in [-0.05, 0) is 151 Å². The molecule has 3 aromatic carbocycles. The highest BCUT2D eigenvalue weighted by Gasteiger charge is 2.42. The lowest BCUT2D eigenvalue weighted by Crippen LogP contribution is -2.58. The second-order valence-electron chi connectivity index (χ2n) is 35.1. The molecule has 12 heterocycles. The standard InChI is InChI=1S/3C33H29Cl3F2N6O3/c1-7-21(45)43-16(5)12-42(13-17(43)6)30-18-10-20(34)28(22-23(35)25(37)26(38)24(36)31(22)46)41-32(18)44(33(47)19(30)11-39)29-15(4)8-9-40-27(29)14(2)3;2*1-7-21(45)43-16(5)12-42(13-17(43)6)30-18-10-20(34)28(22-23(35)24(36)25(37)26(38)31(22)46)41-32(18)44(33(47)19(30)11-39)29-15(4)8-9-40-27(29)14(2)3/h3*7-10,14,16-17,46H,1,12-13H2,2-6H3/t3*16-,17+. The van der Waals surface area contributed by atoms with E-state index in [4.69, 9.17) is 104 Å². The molecule has 0 bridgehead atoms. The van der Waals surface area contributed by atoms with Crippen LogP contribution < -0.4 is 31.4 Å². The maximum absolute atomic E-state index is 14.8. The fraction of sp³-hybridized carbons (Fsp3) is 0.303. The van der Waals surface area contributed by atoms with Gasteiger partial charge in [-0.2, -0.15) is 24.6 Å². The number of amides is 3. The Morgan fingerprint density at radius 2 is 0.617 bits per heavy atom. The van der Waals surface area contributed by atoms with Gasteiger partial charge in [0.05, 0.1) is 125 Å². The van der Waals surface area contributed by atoms with E-state index < -0.39 is 116 Å². The highest BCUT2D eigenvalue weighted by Crippen LogP contribution is 2.52. The van der Waals surface area contributed by atoms with Crippen LogP contribution in [0.1, 0.15) is 151 Å². The Balaban J connectivity index is 0.000000178. The third kappa shape index (κ3) is 18.4. The van der Waals surface area contributed by atoms with Crippen molar-refractivity contribution in [3.05, 3.63) is 255 Å². The number of carbonyl (C=O) groups excluding carboxylic acids is 3. The molecule has 3 aliphatic rings. The maximum Gasteiger partial charge on any atom is 0.276 e. The summed E-state index contributed by atoms with van der Waals surface area (Å²) in [5.74, 6) is -14.1. The lowest BCUT2D eigenvalue weighted by Gasteiger charge is -2.45. The number of hydrogen-bond acceptors (Lipinski definition) is 21. The number of nitriles is 3. The van der Waals surface area contributed by atoms with Gasteiger partial charge in [0.15, 0.2) is 34.8 Å². The number of phenols is 3. The summed E-state index contributed by atoms with van der Waals surface area (Å²) in [6.45, 7) is 40.0. The summed E-state index contributed by atoms with van der Waals surface area (Å²) >= 11 is 57.0. The van der Waals surface area contributed by atoms with Crippen molar-refractivity contribution in [2.24, 2.45) is 0 Å². The van der Waals surface area contributed by atoms with E-state index in [1.165, 1.54) is 50.1 Å². The van der Waals surface area contributed by atoms with E-state index in [1.807, 2.05) is 97.8 Å². The number of rotatable bonds is 15. The topological polar surface area (TPSA) is 346 Å². The number of nitrogens with zero attached hydrogens (tertiary/aromatic N) is 18. The van der Waals surface area contributed by atoms with Gasteiger partial charge >= 0.3 is 0 Å². The number of aromatic hydroxyl groups is 3. The molecule has 732 valence electrons. The van der Waals surface area contributed by atoms with Crippen molar-refractivity contribution in [3.8, 4) is 86.3 Å². The third-order valence-corrected chi connectivity index (χ3v) is 28.0. The van der Waals surface area contributed by atoms with Crippen molar-refractivity contribution in [3.63, 3.8) is 0 Å². The largest absolute Gasteiger partial charge is 0.506 e. The number of phenolic OH excluding ortho intramolecular Hbond substituents is 3. The van der Waals surface area contributed by atoms with Crippen LogP contribution >= 0.6 is 104 Å². The number of fused-ring (bicyclic) bond motifs is 3. The molecule has 3 amide bonds. The number of carbonyl (C=O) groups is 3. The quantitative estimate of drug-likeness (QED) is 0.0371. The minimum atomic E-state index is -1.66. The molecular weight excluding hydrogens is 2020 g/mol. The number of halogens is 15. The summed E-state index contributed by atoms with van der Waals surface area (Å²) in [4.78, 5) is 120. The minimum absolute atomic E-state index is 0.0253. The number of anilines is 3. The van der Waals surface area contributed by atoms with E-state index in [0.717, 1.165) is 0 Å². The Morgan fingerprint density at radius 3 is 0.851 bits per heavy atom. The zero-order valence-electron chi connectivity index (χ0n) is 78.0. The number of aryl methyl sites for hydroxylation is 3. The van der Waals surface area contributed by atoms with Crippen LogP contribution in [0.5, 0.6) is 17.2 Å². The average molecular weight is 2110 g/mol. The molecule has 0 unspecified atom stereocenters. The van der Waals surface area contributed by atoms with E-state index in [2.05, 4.69) is 67.8 Å². The van der Waals surface area contributed by atoms with E-state index in [0.29, 0.717) is 50.8 Å². The van der Waals surface area contributed by atoms with Gasteiger partial charge in [-0.3, -0.25) is 57.4 Å². The minimum Gasteiger partial charge on any atom is -0.506 e.